The van der Waals surface area contributed by atoms with Gasteiger partial charge in [-0.15, -0.1) is 0 Å². The fraction of sp³-hybridized carbons (Fsp3) is 0.385. The molecule has 0 spiro atoms. The number of methoxy groups -OCH3 is 1. The maximum Gasteiger partial charge on any atom is 0.294 e. The Morgan fingerprint density at radius 3 is 2.06 bits per heavy atom. The van der Waals surface area contributed by atoms with Crippen molar-refractivity contribution >= 4 is 17.4 Å². The highest BCUT2D eigenvalue weighted by atomic mass is 16.5. The summed E-state index contributed by atoms with van der Waals surface area (Å²) in [6.07, 6.45) is 0. The molecule has 0 saturated heterocycles. The number of aliphatic hydroxyl groups excluding tert-OH is 1. The molecule has 1 N–H and O–H groups in total. The normalized spacial score (nSPS) is 17.3. The average molecular weight is 422 g/mol. The van der Waals surface area contributed by atoms with Crippen molar-refractivity contribution in [3.05, 3.63) is 71.0 Å². The van der Waals surface area contributed by atoms with Crippen molar-refractivity contribution in [1.29, 1.82) is 0 Å². The van der Waals surface area contributed by atoms with E-state index in [2.05, 4.69) is 20.8 Å². The molecule has 5 heteroatoms. The van der Waals surface area contributed by atoms with Gasteiger partial charge in [0.05, 0.1) is 18.7 Å². The van der Waals surface area contributed by atoms with E-state index in [-0.39, 0.29) is 16.8 Å². The maximum atomic E-state index is 13.3. The fourth-order valence-corrected chi connectivity index (χ4v) is 3.82. The second-order valence-corrected chi connectivity index (χ2v) is 9.96. The number of benzene rings is 2. The van der Waals surface area contributed by atoms with Crippen molar-refractivity contribution in [3.63, 3.8) is 0 Å². The van der Waals surface area contributed by atoms with Crippen LogP contribution in [-0.4, -0.2) is 23.9 Å². The van der Waals surface area contributed by atoms with Gasteiger partial charge in [-0.25, -0.2) is 0 Å². The SMILES string of the molecule is COc1ccccc1C1C(C(=O)C(C)(C)C)=C(O)C(=O)N1c1ccc(C(C)(C)C)cc1. The lowest BCUT2D eigenvalue weighted by Crippen LogP contribution is -2.33. The van der Waals surface area contributed by atoms with Crippen molar-refractivity contribution in [2.45, 2.75) is 53.0 Å². The van der Waals surface area contributed by atoms with Crippen molar-refractivity contribution in [3.8, 4) is 5.75 Å². The summed E-state index contributed by atoms with van der Waals surface area (Å²) < 4.78 is 5.54. The summed E-state index contributed by atoms with van der Waals surface area (Å²) >= 11 is 0. The van der Waals surface area contributed by atoms with E-state index in [1.165, 1.54) is 4.90 Å². The number of ketones is 1. The van der Waals surface area contributed by atoms with Gasteiger partial charge in [-0.05, 0) is 29.2 Å². The first kappa shape index (κ1) is 22.6. The van der Waals surface area contributed by atoms with E-state index in [0.29, 0.717) is 17.0 Å². The molecule has 1 aliphatic rings. The smallest absolute Gasteiger partial charge is 0.294 e. The van der Waals surface area contributed by atoms with Gasteiger partial charge in [-0.2, -0.15) is 0 Å². The number of para-hydroxylation sites is 1. The van der Waals surface area contributed by atoms with E-state index in [9.17, 15) is 14.7 Å². The molecule has 2 aromatic carbocycles. The summed E-state index contributed by atoms with van der Waals surface area (Å²) in [5.41, 5.74) is 1.67. The highest BCUT2D eigenvalue weighted by Gasteiger charge is 2.47. The molecule has 0 fully saturated rings. The number of Topliss-reactive ketones (excluding diaryl/α,β-unsaturated/α-hetero) is 1. The van der Waals surface area contributed by atoms with Crippen LogP contribution in [0.3, 0.4) is 0 Å². The lowest BCUT2D eigenvalue weighted by molar-refractivity contribution is -0.123. The molecular formula is C26H31NO4. The third-order valence-corrected chi connectivity index (χ3v) is 5.58. The Hall–Kier alpha value is -3.08. The lowest BCUT2D eigenvalue weighted by Gasteiger charge is -2.30. The standard InChI is InChI=1S/C26H31NO4/c1-25(2,3)16-12-14-17(15-13-16)27-21(18-10-8-9-11-19(18)31-7)20(22(28)24(27)30)23(29)26(4,5)6/h8-15,21,28H,1-7H3. The number of carbonyl (C=O) groups excluding carboxylic acids is 2. The Morgan fingerprint density at radius 2 is 1.55 bits per heavy atom. The van der Waals surface area contributed by atoms with Crippen LogP contribution in [0.4, 0.5) is 5.69 Å². The second kappa shape index (κ2) is 7.88. The van der Waals surface area contributed by atoms with Crippen LogP contribution in [0.5, 0.6) is 5.75 Å². The van der Waals surface area contributed by atoms with Crippen LogP contribution in [-0.2, 0) is 15.0 Å². The Kier molecular flexibility index (Phi) is 5.74. The molecule has 1 atom stereocenters. The van der Waals surface area contributed by atoms with Crippen LogP contribution in [0.15, 0.2) is 59.9 Å². The first-order chi connectivity index (χ1) is 14.4. The number of carbonyl (C=O) groups is 2. The summed E-state index contributed by atoms with van der Waals surface area (Å²) in [7, 11) is 1.55. The highest BCUT2D eigenvalue weighted by Crippen LogP contribution is 2.46. The first-order valence-electron chi connectivity index (χ1n) is 10.4. The first-order valence-corrected chi connectivity index (χ1v) is 10.4. The Bertz CT molecular complexity index is 1040. The van der Waals surface area contributed by atoms with Gasteiger partial charge in [0.15, 0.2) is 11.5 Å². The van der Waals surface area contributed by atoms with Gasteiger partial charge in [0.25, 0.3) is 5.91 Å². The van der Waals surface area contributed by atoms with E-state index in [0.717, 1.165) is 5.56 Å². The largest absolute Gasteiger partial charge is 0.503 e. The van der Waals surface area contributed by atoms with Crippen molar-refractivity contribution in [2.24, 2.45) is 5.41 Å². The molecule has 5 nitrogen and oxygen atoms in total. The van der Waals surface area contributed by atoms with Gasteiger partial charge in [-0.1, -0.05) is 71.9 Å². The average Bonchev–Trinajstić information content (AvgIpc) is 2.96. The number of ether oxygens (including phenoxy) is 1. The van der Waals surface area contributed by atoms with E-state index in [1.54, 1.807) is 33.9 Å². The van der Waals surface area contributed by atoms with E-state index in [4.69, 9.17) is 4.74 Å². The maximum absolute atomic E-state index is 13.3. The Morgan fingerprint density at radius 1 is 0.968 bits per heavy atom. The molecule has 0 radical (unpaired) electrons. The second-order valence-electron chi connectivity index (χ2n) is 9.96. The van der Waals surface area contributed by atoms with Crippen LogP contribution >= 0.6 is 0 Å². The lowest BCUT2D eigenvalue weighted by atomic mass is 9.82. The van der Waals surface area contributed by atoms with Gasteiger partial charge in [-0.3, -0.25) is 14.5 Å². The van der Waals surface area contributed by atoms with Crippen molar-refractivity contribution in [1.82, 2.24) is 0 Å². The zero-order chi connectivity index (χ0) is 23.1. The molecule has 2 aromatic rings. The molecule has 1 amide bonds. The number of nitrogens with zero attached hydrogens (tertiary/aromatic N) is 1. The fourth-order valence-electron chi connectivity index (χ4n) is 3.82. The van der Waals surface area contributed by atoms with Crippen LogP contribution < -0.4 is 9.64 Å². The third-order valence-electron chi connectivity index (χ3n) is 5.58. The number of hydrogen-bond donors (Lipinski definition) is 1. The summed E-state index contributed by atoms with van der Waals surface area (Å²) in [6.45, 7) is 11.7. The number of aliphatic hydroxyl groups is 1. The molecule has 0 saturated carbocycles. The number of hydrogen-bond acceptors (Lipinski definition) is 4. The van der Waals surface area contributed by atoms with Crippen LogP contribution in [0.1, 0.15) is 58.7 Å². The van der Waals surface area contributed by atoms with Gasteiger partial charge >= 0.3 is 0 Å². The topological polar surface area (TPSA) is 66.8 Å². The summed E-state index contributed by atoms with van der Waals surface area (Å²) in [5, 5.41) is 10.8. The highest BCUT2D eigenvalue weighted by molar-refractivity contribution is 6.17. The zero-order valence-electron chi connectivity index (χ0n) is 19.3. The molecule has 164 valence electrons. The summed E-state index contributed by atoms with van der Waals surface area (Å²) in [6, 6.07) is 14.2. The van der Waals surface area contributed by atoms with E-state index in [1.807, 2.05) is 42.5 Å². The van der Waals surface area contributed by atoms with Crippen LogP contribution in [0.2, 0.25) is 0 Å². The summed E-state index contributed by atoms with van der Waals surface area (Å²) in [5.74, 6) is -0.823. The number of rotatable bonds is 4. The zero-order valence-corrected chi connectivity index (χ0v) is 19.3. The minimum absolute atomic E-state index is 0.0383. The van der Waals surface area contributed by atoms with Crippen LogP contribution in [0.25, 0.3) is 0 Å². The molecule has 0 aliphatic carbocycles. The van der Waals surface area contributed by atoms with Gasteiger partial charge in [0.1, 0.15) is 5.75 Å². The van der Waals surface area contributed by atoms with Crippen molar-refractivity contribution in [2.75, 3.05) is 12.0 Å². The third kappa shape index (κ3) is 4.09. The molecule has 3 rings (SSSR count). The number of amides is 1. The van der Waals surface area contributed by atoms with Gasteiger partial charge in [0, 0.05) is 16.7 Å². The monoisotopic (exact) mass is 421 g/mol. The minimum atomic E-state index is -0.782. The van der Waals surface area contributed by atoms with E-state index < -0.39 is 23.1 Å². The van der Waals surface area contributed by atoms with Crippen molar-refractivity contribution < 1.29 is 19.4 Å². The minimum Gasteiger partial charge on any atom is -0.503 e. The van der Waals surface area contributed by atoms with E-state index >= 15 is 0 Å². The Balaban J connectivity index is 2.21. The molecule has 1 unspecified atom stereocenters. The molecule has 0 aromatic heterocycles. The van der Waals surface area contributed by atoms with Gasteiger partial charge in [0.2, 0.25) is 0 Å². The van der Waals surface area contributed by atoms with Crippen LogP contribution in [0, 0.1) is 5.41 Å². The molecule has 1 heterocycles. The molecule has 0 bridgehead atoms. The molecular weight excluding hydrogens is 390 g/mol. The predicted molar refractivity (Wildman–Crippen MR) is 122 cm³/mol. The molecule has 31 heavy (non-hydrogen) atoms. The quantitative estimate of drug-likeness (QED) is 0.707. The molecule has 1 aliphatic heterocycles. The summed E-state index contributed by atoms with van der Waals surface area (Å²) in [4.78, 5) is 28.1. The Labute approximate surface area is 184 Å². The number of anilines is 1. The van der Waals surface area contributed by atoms with Gasteiger partial charge < -0.3 is 9.84 Å². The predicted octanol–water partition coefficient (Wildman–Crippen LogP) is 5.51.